The van der Waals surface area contributed by atoms with Gasteiger partial charge in [-0.2, -0.15) is 0 Å². The van der Waals surface area contributed by atoms with Crippen LogP contribution in [0.3, 0.4) is 0 Å². The van der Waals surface area contributed by atoms with Gasteiger partial charge in [0.1, 0.15) is 17.2 Å². The number of ketones is 1. The second kappa shape index (κ2) is 11.9. The zero-order valence-corrected chi connectivity index (χ0v) is 25.0. The SMILES string of the molecule is COc1ccc2c(c1)c(C=C1Oc3cc(OC(=O)N(C)c4ccccc4)ccc3C1=O)c(C)n2CCN1CCN(C)CC1. The van der Waals surface area contributed by atoms with Crippen LogP contribution in [0.15, 0.2) is 72.5 Å². The summed E-state index contributed by atoms with van der Waals surface area (Å²) in [6, 6.07) is 20.1. The molecule has 0 N–H and O–H groups in total. The van der Waals surface area contributed by atoms with Crippen LogP contribution in [0.4, 0.5) is 10.5 Å². The fraction of sp³-hybridized carbons (Fsp3) is 0.294. The minimum Gasteiger partial charge on any atom is -0.497 e. The van der Waals surface area contributed by atoms with Crippen LogP contribution in [0, 0.1) is 6.92 Å². The monoisotopic (exact) mass is 580 g/mol. The molecule has 1 aromatic heterocycles. The van der Waals surface area contributed by atoms with Crippen molar-refractivity contribution in [1.29, 1.82) is 0 Å². The number of aromatic nitrogens is 1. The largest absolute Gasteiger partial charge is 0.497 e. The van der Waals surface area contributed by atoms with Crippen LogP contribution in [0.2, 0.25) is 0 Å². The van der Waals surface area contributed by atoms with Crippen LogP contribution in [0.5, 0.6) is 17.2 Å². The van der Waals surface area contributed by atoms with Gasteiger partial charge in [0.15, 0.2) is 5.76 Å². The molecule has 1 saturated heterocycles. The number of benzene rings is 3. The Morgan fingerprint density at radius 2 is 1.72 bits per heavy atom. The molecule has 9 nitrogen and oxygen atoms in total. The molecule has 2 aliphatic heterocycles. The molecular formula is C34H36N4O5. The van der Waals surface area contributed by atoms with Crippen LogP contribution in [0.25, 0.3) is 17.0 Å². The molecule has 0 bridgehead atoms. The summed E-state index contributed by atoms with van der Waals surface area (Å²) in [5.41, 5.74) is 4.19. The highest BCUT2D eigenvalue weighted by Gasteiger charge is 2.29. The van der Waals surface area contributed by atoms with Crippen LogP contribution < -0.4 is 19.1 Å². The van der Waals surface area contributed by atoms with E-state index in [1.165, 1.54) is 4.90 Å². The average molecular weight is 581 g/mol. The van der Waals surface area contributed by atoms with Crippen molar-refractivity contribution in [3.8, 4) is 17.2 Å². The minimum absolute atomic E-state index is 0.213. The number of allylic oxidation sites excluding steroid dienone is 1. The summed E-state index contributed by atoms with van der Waals surface area (Å²) in [5.74, 6) is 1.41. The molecule has 3 heterocycles. The van der Waals surface area contributed by atoms with Crippen molar-refractivity contribution < 1.29 is 23.8 Å². The number of hydrogen-bond donors (Lipinski definition) is 0. The predicted molar refractivity (Wildman–Crippen MR) is 167 cm³/mol. The van der Waals surface area contributed by atoms with Gasteiger partial charge < -0.3 is 23.7 Å². The highest BCUT2D eigenvalue weighted by Crippen LogP contribution is 2.37. The molecule has 0 radical (unpaired) electrons. The maximum Gasteiger partial charge on any atom is 0.419 e. The van der Waals surface area contributed by atoms with Crippen molar-refractivity contribution in [2.24, 2.45) is 0 Å². The number of hydrogen-bond acceptors (Lipinski definition) is 7. The molecule has 6 rings (SSSR count). The standard InChI is InChI=1S/C34H36N4O5/c1-23-28(29-20-25(41-4)11-13-30(29)38(23)19-18-37-16-14-35(2)15-17-37)22-32-33(39)27-12-10-26(21-31(27)43-32)42-34(40)36(3)24-8-6-5-7-9-24/h5-13,20-22H,14-19H2,1-4H3. The molecule has 0 unspecified atom stereocenters. The molecule has 2 aliphatic rings. The third-order valence-corrected chi connectivity index (χ3v) is 8.35. The highest BCUT2D eigenvalue weighted by molar-refractivity contribution is 6.15. The van der Waals surface area contributed by atoms with E-state index in [2.05, 4.69) is 34.4 Å². The summed E-state index contributed by atoms with van der Waals surface area (Å²) in [4.78, 5) is 32.4. The van der Waals surface area contributed by atoms with E-state index in [9.17, 15) is 9.59 Å². The van der Waals surface area contributed by atoms with Crippen LogP contribution in [-0.4, -0.2) is 80.2 Å². The molecule has 4 aromatic rings. The number of fused-ring (bicyclic) bond motifs is 2. The molecule has 43 heavy (non-hydrogen) atoms. The summed E-state index contributed by atoms with van der Waals surface area (Å²) >= 11 is 0. The second-order valence-corrected chi connectivity index (χ2v) is 11.0. The third kappa shape index (κ3) is 5.74. The lowest BCUT2D eigenvalue weighted by Gasteiger charge is -2.32. The van der Waals surface area contributed by atoms with E-state index in [0.717, 1.165) is 67.2 Å². The van der Waals surface area contributed by atoms with Crippen LogP contribution >= 0.6 is 0 Å². The number of ether oxygens (including phenoxy) is 3. The maximum atomic E-state index is 13.4. The van der Waals surface area contributed by atoms with Crippen molar-refractivity contribution >= 4 is 34.5 Å². The lowest BCUT2D eigenvalue weighted by molar-refractivity contribution is 0.101. The Hall–Kier alpha value is -4.60. The van der Waals surface area contributed by atoms with Gasteiger partial charge in [0.2, 0.25) is 5.78 Å². The number of para-hydroxylation sites is 1. The number of anilines is 1. The number of carbonyl (C=O) groups excluding carboxylic acids is 2. The first-order chi connectivity index (χ1) is 20.8. The normalized spacial score (nSPS) is 16.4. The molecule has 0 atom stereocenters. The van der Waals surface area contributed by atoms with Crippen LogP contribution in [-0.2, 0) is 6.54 Å². The first kappa shape index (κ1) is 28.5. The Kier molecular flexibility index (Phi) is 7.92. The van der Waals surface area contributed by atoms with Gasteiger partial charge in [-0.3, -0.25) is 14.6 Å². The van der Waals surface area contributed by atoms with Gasteiger partial charge in [-0.05, 0) is 62.5 Å². The molecule has 0 aliphatic carbocycles. The quantitative estimate of drug-likeness (QED) is 0.269. The third-order valence-electron chi connectivity index (χ3n) is 8.35. The lowest BCUT2D eigenvalue weighted by atomic mass is 10.1. The first-order valence-corrected chi connectivity index (χ1v) is 14.5. The van der Waals surface area contributed by atoms with E-state index < -0.39 is 6.09 Å². The van der Waals surface area contributed by atoms with E-state index in [4.69, 9.17) is 14.2 Å². The van der Waals surface area contributed by atoms with Crippen molar-refractivity contribution in [2.75, 3.05) is 58.8 Å². The molecule has 9 heteroatoms. The second-order valence-electron chi connectivity index (χ2n) is 11.0. The van der Waals surface area contributed by atoms with Gasteiger partial charge in [0.05, 0.1) is 12.7 Å². The van der Waals surface area contributed by atoms with Crippen molar-refractivity contribution in [2.45, 2.75) is 13.5 Å². The van der Waals surface area contributed by atoms with Gasteiger partial charge in [-0.1, -0.05) is 18.2 Å². The summed E-state index contributed by atoms with van der Waals surface area (Å²) in [6.45, 7) is 8.12. The van der Waals surface area contributed by atoms with Crippen LogP contribution in [0.1, 0.15) is 21.6 Å². The number of carbonyl (C=O) groups is 2. The van der Waals surface area contributed by atoms with E-state index >= 15 is 0 Å². The number of amides is 1. The number of Topliss-reactive ketones (excluding diaryl/α,β-unsaturated/α-hetero) is 1. The Labute approximate surface area is 251 Å². The number of likely N-dealkylation sites (N-methyl/N-ethyl adjacent to an activating group) is 1. The topological polar surface area (TPSA) is 76.5 Å². The van der Waals surface area contributed by atoms with Gasteiger partial charge in [0, 0.05) is 80.2 Å². The molecule has 1 fully saturated rings. The summed E-state index contributed by atoms with van der Waals surface area (Å²) in [7, 11) is 5.46. The maximum absolute atomic E-state index is 13.4. The smallest absolute Gasteiger partial charge is 0.419 e. The van der Waals surface area contributed by atoms with E-state index in [1.54, 1.807) is 32.4 Å². The Bertz CT molecular complexity index is 1700. The van der Waals surface area contributed by atoms with Gasteiger partial charge in [0.25, 0.3) is 0 Å². The minimum atomic E-state index is -0.541. The van der Waals surface area contributed by atoms with Gasteiger partial charge in [-0.15, -0.1) is 0 Å². The predicted octanol–water partition coefficient (Wildman–Crippen LogP) is 5.46. The van der Waals surface area contributed by atoms with E-state index in [0.29, 0.717) is 22.7 Å². The number of methoxy groups -OCH3 is 1. The van der Waals surface area contributed by atoms with Crippen molar-refractivity contribution in [1.82, 2.24) is 14.4 Å². The Balaban J connectivity index is 1.25. The summed E-state index contributed by atoms with van der Waals surface area (Å²) < 4.78 is 19.5. The van der Waals surface area contributed by atoms with Crippen molar-refractivity contribution in [3.05, 3.63) is 89.3 Å². The van der Waals surface area contributed by atoms with Crippen molar-refractivity contribution in [3.63, 3.8) is 0 Å². The summed E-state index contributed by atoms with van der Waals surface area (Å²) in [6.07, 6.45) is 1.28. The fourth-order valence-electron chi connectivity index (χ4n) is 5.69. The molecule has 3 aromatic carbocycles. The van der Waals surface area contributed by atoms with Gasteiger partial charge >= 0.3 is 6.09 Å². The Morgan fingerprint density at radius 3 is 2.47 bits per heavy atom. The molecule has 0 spiro atoms. The fourth-order valence-corrected chi connectivity index (χ4v) is 5.69. The molecule has 0 saturated carbocycles. The number of piperazine rings is 1. The molecule has 222 valence electrons. The summed E-state index contributed by atoms with van der Waals surface area (Å²) in [5, 5.41) is 0.994. The van der Waals surface area contributed by atoms with E-state index in [1.807, 2.05) is 48.5 Å². The van der Waals surface area contributed by atoms with E-state index in [-0.39, 0.29) is 11.5 Å². The lowest BCUT2D eigenvalue weighted by Crippen LogP contribution is -2.45. The zero-order valence-electron chi connectivity index (χ0n) is 25.0. The highest BCUT2D eigenvalue weighted by atomic mass is 16.6. The number of nitrogens with zero attached hydrogens (tertiary/aromatic N) is 4. The zero-order chi connectivity index (χ0) is 30.1. The average Bonchev–Trinajstić information content (AvgIpc) is 3.48. The number of rotatable bonds is 7. The Morgan fingerprint density at radius 1 is 0.977 bits per heavy atom. The first-order valence-electron chi connectivity index (χ1n) is 14.5. The molecule has 1 amide bonds. The van der Waals surface area contributed by atoms with Gasteiger partial charge in [-0.25, -0.2) is 4.79 Å². The molecular weight excluding hydrogens is 544 g/mol.